The third-order valence-electron chi connectivity index (χ3n) is 8.49. The van der Waals surface area contributed by atoms with Crippen LogP contribution in [0.15, 0.2) is 47.2 Å². The molecule has 2 aromatic heterocycles. The molecule has 7 rings (SSSR count). The molecule has 3 aliphatic rings. The van der Waals surface area contributed by atoms with E-state index in [1.54, 1.807) is 22.7 Å². The van der Waals surface area contributed by atoms with Crippen LogP contribution in [0, 0.1) is 12.1 Å². The molecule has 2 saturated carbocycles. The molecular formula is C30H28N2PtS2. The largest absolute Gasteiger partial charge is 2.00 e. The molecule has 2 spiro atoms. The minimum Gasteiger partial charge on any atom is -0.289 e. The van der Waals surface area contributed by atoms with Crippen molar-refractivity contribution >= 4 is 22.7 Å². The fraction of sp³-hybridized carbons (Fsp3) is 0.400. The molecule has 0 saturated heterocycles. The predicted octanol–water partition coefficient (Wildman–Crippen LogP) is 8.35. The minimum atomic E-state index is -0.0462. The first-order valence-corrected chi connectivity index (χ1v) is 14.5. The van der Waals surface area contributed by atoms with E-state index in [2.05, 4.69) is 59.3 Å². The molecule has 0 unspecified atom stereocenters. The van der Waals surface area contributed by atoms with Crippen molar-refractivity contribution < 1.29 is 21.1 Å². The number of thiazole rings is 2. The van der Waals surface area contributed by atoms with Crippen LogP contribution in [-0.4, -0.2) is 9.97 Å². The van der Waals surface area contributed by atoms with E-state index in [0.29, 0.717) is 0 Å². The van der Waals surface area contributed by atoms with E-state index in [9.17, 15) is 0 Å². The zero-order valence-corrected chi connectivity index (χ0v) is 23.6. The maximum atomic E-state index is 5.31. The van der Waals surface area contributed by atoms with Crippen molar-refractivity contribution in [3.8, 4) is 21.1 Å². The first-order valence-electron chi connectivity index (χ1n) is 12.8. The van der Waals surface area contributed by atoms with Crippen LogP contribution in [0.4, 0.5) is 0 Å². The minimum absolute atomic E-state index is 0. The molecular weight excluding hydrogens is 648 g/mol. The van der Waals surface area contributed by atoms with Gasteiger partial charge in [-0.15, -0.1) is 70.8 Å². The summed E-state index contributed by atoms with van der Waals surface area (Å²) in [7, 11) is 0. The molecule has 1 aliphatic heterocycles. The van der Waals surface area contributed by atoms with Gasteiger partial charge in [-0.2, -0.15) is 22.7 Å². The molecule has 0 N–H and O–H groups in total. The summed E-state index contributed by atoms with van der Waals surface area (Å²) in [6.45, 7) is 0. The van der Waals surface area contributed by atoms with Crippen molar-refractivity contribution in [2.75, 3.05) is 0 Å². The number of benzene rings is 2. The summed E-state index contributed by atoms with van der Waals surface area (Å²) in [5.74, 6) is 0. The maximum Gasteiger partial charge on any atom is 2.00 e. The number of nitrogens with zero attached hydrogens (tertiary/aromatic N) is 2. The van der Waals surface area contributed by atoms with Gasteiger partial charge in [-0.05, 0) is 25.7 Å². The summed E-state index contributed by atoms with van der Waals surface area (Å²) in [6, 6.07) is 21.1. The van der Waals surface area contributed by atoms with Crippen molar-refractivity contribution in [2.45, 2.75) is 75.0 Å². The van der Waals surface area contributed by atoms with Gasteiger partial charge in [0.05, 0.1) is 0 Å². The zero-order valence-electron chi connectivity index (χ0n) is 19.7. The van der Waals surface area contributed by atoms with Crippen LogP contribution in [0.3, 0.4) is 0 Å². The van der Waals surface area contributed by atoms with Crippen LogP contribution in [0.1, 0.15) is 86.7 Å². The monoisotopic (exact) mass is 675 g/mol. The van der Waals surface area contributed by atoms with Crippen LogP contribution in [0.2, 0.25) is 0 Å². The fourth-order valence-corrected chi connectivity index (χ4v) is 8.42. The van der Waals surface area contributed by atoms with Crippen LogP contribution in [0.25, 0.3) is 21.1 Å². The van der Waals surface area contributed by atoms with Gasteiger partial charge in [-0.25, -0.2) is 0 Å². The molecule has 4 aromatic rings. The molecule has 35 heavy (non-hydrogen) atoms. The number of hydrogen-bond donors (Lipinski definition) is 0. The summed E-state index contributed by atoms with van der Waals surface area (Å²) >= 11 is 3.57. The Morgan fingerprint density at radius 3 is 1.46 bits per heavy atom. The Hall–Kier alpha value is -1.61. The van der Waals surface area contributed by atoms with E-state index in [0.717, 1.165) is 46.8 Å². The summed E-state index contributed by atoms with van der Waals surface area (Å²) in [5.41, 5.74) is 7.21. The molecule has 8 bridgehead atoms. The van der Waals surface area contributed by atoms with E-state index in [4.69, 9.17) is 9.97 Å². The third kappa shape index (κ3) is 3.83. The Morgan fingerprint density at radius 1 is 0.600 bits per heavy atom. The molecule has 0 radical (unpaired) electrons. The summed E-state index contributed by atoms with van der Waals surface area (Å²) in [5, 5.41) is 6.83. The first kappa shape index (κ1) is 23.8. The zero-order chi connectivity index (χ0) is 22.6. The van der Waals surface area contributed by atoms with Crippen molar-refractivity contribution in [1.29, 1.82) is 0 Å². The Labute approximate surface area is 230 Å². The van der Waals surface area contributed by atoms with Crippen LogP contribution >= 0.6 is 22.7 Å². The smallest absolute Gasteiger partial charge is 0.289 e. The molecule has 2 aliphatic carbocycles. The number of hydrogen-bond acceptors (Lipinski definition) is 4. The van der Waals surface area contributed by atoms with Gasteiger partial charge in [-0.1, -0.05) is 38.5 Å². The van der Waals surface area contributed by atoms with Gasteiger partial charge in [-0.3, -0.25) is 9.97 Å². The summed E-state index contributed by atoms with van der Waals surface area (Å²) < 4.78 is 0. The van der Waals surface area contributed by atoms with Crippen LogP contribution in [-0.2, 0) is 31.9 Å². The third-order valence-corrected chi connectivity index (χ3v) is 10.2. The summed E-state index contributed by atoms with van der Waals surface area (Å²) in [6.07, 6.45) is 12.2. The van der Waals surface area contributed by atoms with Crippen LogP contribution < -0.4 is 0 Å². The second-order valence-electron chi connectivity index (χ2n) is 10.3. The molecule has 2 fully saturated rings. The Kier molecular flexibility index (Phi) is 6.36. The van der Waals surface area contributed by atoms with E-state index >= 15 is 0 Å². The maximum absolute atomic E-state index is 5.31. The fourth-order valence-electron chi connectivity index (χ4n) is 6.62. The second-order valence-corrected chi connectivity index (χ2v) is 12.0. The number of aromatic nitrogens is 2. The van der Waals surface area contributed by atoms with E-state index in [1.165, 1.54) is 61.0 Å². The van der Waals surface area contributed by atoms with E-state index in [1.807, 2.05) is 0 Å². The quantitative estimate of drug-likeness (QED) is 0.175. The standard InChI is InChI=1S/C30H28N2S2.Pt/c1-3-13-29(14-4-1)23-11-7-9-21(17-23)28-32-26(20-34-28)30(15-5-2-6-16-30)24-12-8-10-22(18-24)27-31-25(29)19-33-27;/h7-12,19-20H,1-6,13-16H2;/q-2;+2. The Morgan fingerprint density at radius 2 is 1.03 bits per heavy atom. The SMILES string of the molecule is [Pt+2].[c-]1c2cccc1C1(CCCCC1)c1csc(n1)-c1[c-]c(ccc1)C1(CCCCC1)c1csc-2n1. The van der Waals surface area contributed by atoms with Gasteiger partial charge in [0.25, 0.3) is 0 Å². The molecule has 180 valence electrons. The van der Waals surface area contributed by atoms with Gasteiger partial charge >= 0.3 is 21.1 Å². The van der Waals surface area contributed by atoms with E-state index < -0.39 is 0 Å². The average molecular weight is 676 g/mol. The number of rotatable bonds is 0. The van der Waals surface area contributed by atoms with Crippen molar-refractivity contribution in [2.24, 2.45) is 0 Å². The van der Waals surface area contributed by atoms with Gasteiger partial charge < -0.3 is 0 Å². The van der Waals surface area contributed by atoms with Crippen molar-refractivity contribution in [3.63, 3.8) is 0 Å². The van der Waals surface area contributed by atoms with Crippen molar-refractivity contribution in [1.82, 2.24) is 9.97 Å². The Bertz CT molecular complexity index is 1240. The average Bonchev–Trinajstić information content (AvgIpc) is 3.61. The van der Waals surface area contributed by atoms with Crippen LogP contribution in [0.5, 0.6) is 0 Å². The molecule has 5 heteroatoms. The van der Waals surface area contributed by atoms with Gasteiger partial charge in [0.2, 0.25) is 0 Å². The molecule has 0 amide bonds. The molecule has 2 aromatic carbocycles. The predicted molar refractivity (Wildman–Crippen MR) is 141 cm³/mol. The number of fused-ring (bicyclic) bond motifs is 14. The van der Waals surface area contributed by atoms with Crippen molar-refractivity contribution in [3.05, 3.63) is 81.8 Å². The molecule has 3 heterocycles. The van der Waals surface area contributed by atoms with Gasteiger partial charge in [0.15, 0.2) is 0 Å². The molecule has 2 nitrogen and oxygen atoms in total. The van der Waals surface area contributed by atoms with Gasteiger partial charge in [0, 0.05) is 43.0 Å². The topological polar surface area (TPSA) is 25.8 Å². The normalized spacial score (nSPS) is 19.7. The second kappa shape index (κ2) is 9.36. The first-order chi connectivity index (χ1) is 16.8. The van der Waals surface area contributed by atoms with E-state index in [-0.39, 0.29) is 31.9 Å². The molecule has 0 atom stereocenters. The van der Waals surface area contributed by atoms with Gasteiger partial charge in [0.1, 0.15) is 0 Å². The Balaban J connectivity index is 0.00000229. The summed E-state index contributed by atoms with van der Waals surface area (Å²) in [4.78, 5) is 10.6.